The van der Waals surface area contributed by atoms with Crippen molar-refractivity contribution >= 4 is 17.1 Å². The molecule has 0 unspecified atom stereocenters. The van der Waals surface area contributed by atoms with Gasteiger partial charge in [-0.05, 0) is 33.6 Å². The predicted octanol–water partition coefficient (Wildman–Crippen LogP) is 1.70. The molecular weight excluding hydrogens is 186 g/mol. The molecule has 3 nitrogen and oxygen atoms in total. The molecule has 76 valence electrons. The number of ether oxygens (including phenoxy) is 1. The van der Waals surface area contributed by atoms with Crippen molar-refractivity contribution in [1.29, 1.82) is 0 Å². The third-order valence-corrected chi connectivity index (χ3v) is 3.23. The molecule has 1 atom stereocenters. The lowest BCUT2D eigenvalue weighted by Crippen LogP contribution is -2.28. The number of hydrogen-bond acceptors (Lipinski definition) is 3. The normalized spacial score (nSPS) is 24.8. The molecule has 0 aromatic heterocycles. The lowest BCUT2D eigenvalue weighted by atomic mass is 10.2. The molecular formula is C9H17NO2S. The Bertz CT molecular complexity index is 190. The van der Waals surface area contributed by atoms with E-state index >= 15 is 0 Å². The highest BCUT2D eigenvalue weighted by molar-refractivity contribution is 7.91. The van der Waals surface area contributed by atoms with E-state index in [1.54, 1.807) is 0 Å². The van der Waals surface area contributed by atoms with Crippen molar-refractivity contribution in [2.24, 2.45) is 4.40 Å². The Labute approximate surface area is 82.9 Å². The van der Waals surface area contributed by atoms with Gasteiger partial charge in [-0.1, -0.05) is 4.40 Å². The summed E-state index contributed by atoms with van der Waals surface area (Å²) in [7, 11) is 0. The molecule has 0 N–H and O–H groups in total. The van der Waals surface area contributed by atoms with Crippen LogP contribution < -0.4 is 0 Å². The second kappa shape index (κ2) is 4.44. The molecule has 0 aromatic rings. The standard InChI is InChI=1S/C9H17NO2S/c1-9(2,3)13(11)10-8-5-4-6-12-7-8/h4-7H2,1-3H3/b10-8-/t13-/m1/s1. The van der Waals surface area contributed by atoms with Gasteiger partial charge in [-0.3, -0.25) is 0 Å². The minimum atomic E-state index is -1.13. The van der Waals surface area contributed by atoms with Crippen molar-refractivity contribution < 1.29 is 9.29 Å². The van der Waals surface area contributed by atoms with Crippen molar-refractivity contribution in [3.8, 4) is 0 Å². The van der Waals surface area contributed by atoms with Gasteiger partial charge in [-0.15, -0.1) is 0 Å². The van der Waals surface area contributed by atoms with Crippen molar-refractivity contribution in [2.45, 2.75) is 38.4 Å². The van der Waals surface area contributed by atoms with E-state index in [-0.39, 0.29) is 4.75 Å². The van der Waals surface area contributed by atoms with Gasteiger partial charge in [-0.25, -0.2) is 0 Å². The van der Waals surface area contributed by atoms with Gasteiger partial charge in [0, 0.05) is 6.61 Å². The lowest BCUT2D eigenvalue weighted by molar-refractivity contribution is 0.154. The second-order valence-corrected chi connectivity index (χ2v) is 6.08. The molecule has 1 heterocycles. The lowest BCUT2D eigenvalue weighted by Gasteiger charge is -2.20. The number of hydrogen-bond donors (Lipinski definition) is 0. The zero-order valence-corrected chi connectivity index (χ0v) is 9.32. The van der Waals surface area contributed by atoms with Crippen molar-refractivity contribution in [3.05, 3.63) is 0 Å². The SMILES string of the molecule is CC(C)(C)[S@@+]([O-])/N=C1/CCCOC1. The van der Waals surface area contributed by atoms with Gasteiger partial charge in [-0.2, -0.15) is 0 Å². The first kappa shape index (κ1) is 11.0. The minimum absolute atomic E-state index is 0.259. The summed E-state index contributed by atoms with van der Waals surface area (Å²) in [6, 6.07) is 0. The molecule has 1 fully saturated rings. The van der Waals surface area contributed by atoms with Gasteiger partial charge >= 0.3 is 0 Å². The average molecular weight is 203 g/mol. The fraction of sp³-hybridized carbons (Fsp3) is 0.889. The van der Waals surface area contributed by atoms with Crippen LogP contribution in [0.2, 0.25) is 0 Å². The van der Waals surface area contributed by atoms with Crippen LogP contribution in [0.15, 0.2) is 4.40 Å². The van der Waals surface area contributed by atoms with E-state index in [1.165, 1.54) is 0 Å². The summed E-state index contributed by atoms with van der Waals surface area (Å²) in [6.07, 6.45) is 1.93. The second-order valence-electron chi connectivity index (χ2n) is 4.18. The van der Waals surface area contributed by atoms with Crippen LogP contribution in [0.25, 0.3) is 0 Å². The first-order valence-electron chi connectivity index (χ1n) is 4.56. The molecule has 0 aliphatic carbocycles. The Morgan fingerprint density at radius 1 is 1.46 bits per heavy atom. The summed E-state index contributed by atoms with van der Waals surface area (Å²) in [5.74, 6) is 0. The van der Waals surface area contributed by atoms with Crippen LogP contribution in [0, 0.1) is 0 Å². The van der Waals surface area contributed by atoms with E-state index in [4.69, 9.17) is 4.74 Å². The van der Waals surface area contributed by atoms with Gasteiger partial charge in [0.05, 0.1) is 12.3 Å². The molecule has 0 amide bonds. The maximum atomic E-state index is 11.6. The Hall–Kier alpha value is -0.0600. The Morgan fingerprint density at radius 2 is 2.15 bits per heavy atom. The van der Waals surface area contributed by atoms with Crippen LogP contribution in [0.4, 0.5) is 0 Å². The third-order valence-electron chi connectivity index (χ3n) is 1.76. The third kappa shape index (κ3) is 3.67. The summed E-state index contributed by atoms with van der Waals surface area (Å²) in [5.41, 5.74) is 0.944. The van der Waals surface area contributed by atoms with Gasteiger partial charge in [0.2, 0.25) is 0 Å². The molecule has 0 spiro atoms. The molecule has 1 aliphatic heterocycles. The van der Waals surface area contributed by atoms with Crippen LogP contribution in [-0.2, 0) is 16.1 Å². The van der Waals surface area contributed by atoms with Crippen molar-refractivity contribution in [3.63, 3.8) is 0 Å². The Morgan fingerprint density at radius 3 is 2.62 bits per heavy atom. The first-order chi connectivity index (χ1) is 6.00. The van der Waals surface area contributed by atoms with E-state index in [9.17, 15) is 4.55 Å². The van der Waals surface area contributed by atoms with Crippen LogP contribution in [0.1, 0.15) is 33.6 Å². The Kier molecular flexibility index (Phi) is 3.76. The van der Waals surface area contributed by atoms with Crippen molar-refractivity contribution in [1.82, 2.24) is 0 Å². The summed E-state index contributed by atoms with van der Waals surface area (Å²) in [5, 5.41) is 0. The summed E-state index contributed by atoms with van der Waals surface area (Å²) < 4.78 is 20.7. The molecule has 1 saturated heterocycles. The van der Waals surface area contributed by atoms with E-state index in [0.717, 1.165) is 25.2 Å². The molecule has 1 aliphatic rings. The smallest absolute Gasteiger partial charge is 0.144 e. The van der Waals surface area contributed by atoms with Gasteiger partial charge < -0.3 is 9.29 Å². The highest BCUT2D eigenvalue weighted by Gasteiger charge is 2.27. The summed E-state index contributed by atoms with van der Waals surface area (Å²) >= 11 is -1.13. The fourth-order valence-electron chi connectivity index (χ4n) is 0.967. The molecule has 1 rings (SSSR count). The van der Waals surface area contributed by atoms with E-state index in [2.05, 4.69) is 4.40 Å². The number of nitrogens with zero attached hydrogens (tertiary/aromatic N) is 1. The quantitative estimate of drug-likeness (QED) is 0.609. The average Bonchev–Trinajstić information content (AvgIpc) is 2.04. The monoisotopic (exact) mass is 203 g/mol. The first-order valence-corrected chi connectivity index (χ1v) is 5.67. The molecule has 0 bridgehead atoms. The van der Waals surface area contributed by atoms with Crippen LogP contribution in [-0.4, -0.2) is 28.2 Å². The van der Waals surface area contributed by atoms with Crippen LogP contribution >= 0.6 is 0 Å². The van der Waals surface area contributed by atoms with Crippen molar-refractivity contribution in [2.75, 3.05) is 13.2 Å². The highest BCUT2D eigenvalue weighted by atomic mass is 32.2. The van der Waals surface area contributed by atoms with Gasteiger partial charge in [0.1, 0.15) is 16.1 Å². The Balaban J connectivity index is 2.53. The summed E-state index contributed by atoms with van der Waals surface area (Å²) in [4.78, 5) is 0. The van der Waals surface area contributed by atoms with E-state index in [1.807, 2.05) is 20.8 Å². The molecule has 0 saturated carbocycles. The van der Waals surface area contributed by atoms with E-state index in [0.29, 0.717) is 6.61 Å². The molecule has 4 heteroatoms. The zero-order chi connectivity index (χ0) is 9.90. The van der Waals surface area contributed by atoms with Crippen LogP contribution in [0.5, 0.6) is 0 Å². The number of rotatable bonds is 1. The topological polar surface area (TPSA) is 44.7 Å². The maximum Gasteiger partial charge on any atom is 0.144 e. The molecule has 13 heavy (non-hydrogen) atoms. The highest BCUT2D eigenvalue weighted by Crippen LogP contribution is 2.18. The van der Waals surface area contributed by atoms with Gasteiger partial charge in [0.25, 0.3) is 0 Å². The zero-order valence-electron chi connectivity index (χ0n) is 8.50. The molecule has 0 radical (unpaired) electrons. The fourth-order valence-corrected chi connectivity index (χ4v) is 1.62. The van der Waals surface area contributed by atoms with E-state index < -0.39 is 11.4 Å². The summed E-state index contributed by atoms with van der Waals surface area (Å²) in [6.45, 7) is 7.15. The largest absolute Gasteiger partial charge is 0.591 e. The maximum absolute atomic E-state index is 11.6. The van der Waals surface area contributed by atoms with Gasteiger partial charge in [0.15, 0.2) is 0 Å². The predicted molar refractivity (Wildman–Crippen MR) is 55.4 cm³/mol. The van der Waals surface area contributed by atoms with Crippen LogP contribution in [0.3, 0.4) is 0 Å². The minimum Gasteiger partial charge on any atom is -0.591 e. The molecule has 0 aromatic carbocycles.